The molecule has 0 spiro atoms. The first kappa shape index (κ1) is 29.8. The number of anilines is 1. The molecule has 1 aromatic heterocycles. The molecular weight excluding hydrogens is 596 g/mol. The van der Waals surface area contributed by atoms with Crippen LogP contribution in [0.15, 0.2) is 60.2 Å². The lowest BCUT2D eigenvalue weighted by Gasteiger charge is -2.65. The summed E-state index contributed by atoms with van der Waals surface area (Å²) in [6.07, 6.45) is 9.04. The number of hydrogen-bond donors (Lipinski definition) is 0. The number of benzene rings is 2. The molecule has 0 radical (unpaired) electrons. The predicted molar refractivity (Wildman–Crippen MR) is 188 cm³/mol. The van der Waals surface area contributed by atoms with Crippen molar-refractivity contribution < 1.29 is 14.3 Å². The fourth-order valence-corrected chi connectivity index (χ4v) is 12.9. The number of carbonyl (C=O) groups is 1. The maximum absolute atomic E-state index is 13.9. The van der Waals surface area contributed by atoms with Gasteiger partial charge in [0.15, 0.2) is 0 Å². The van der Waals surface area contributed by atoms with Crippen LogP contribution in [0.2, 0.25) is 0 Å². The Kier molecular flexibility index (Phi) is 6.62. The minimum Gasteiger partial charge on any atom is -0.467 e. The summed E-state index contributed by atoms with van der Waals surface area (Å²) in [5.41, 5.74) is 8.53. The van der Waals surface area contributed by atoms with Crippen molar-refractivity contribution in [2.45, 2.75) is 81.1 Å². The first-order chi connectivity index (χ1) is 23.5. The number of ether oxygens (including phenoxy) is 2. The van der Waals surface area contributed by atoms with Gasteiger partial charge in [-0.1, -0.05) is 48.0 Å². The van der Waals surface area contributed by atoms with E-state index in [1.807, 2.05) is 0 Å². The minimum atomic E-state index is -0.271. The van der Waals surface area contributed by atoms with Crippen LogP contribution in [0.25, 0.3) is 10.9 Å². The normalized spacial score (nSPS) is 38.9. The monoisotopic (exact) mass is 646 g/mol. The second-order valence-corrected chi connectivity index (χ2v) is 16.2. The number of methoxy groups -OCH3 is 1. The Hall–Kier alpha value is -3.13. The molecule has 3 aromatic rings. The van der Waals surface area contributed by atoms with Crippen LogP contribution < -0.4 is 4.90 Å². The van der Waals surface area contributed by atoms with Crippen molar-refractivity contribution in [2.24, 2.45) is 30.7 Å². The molecule has 1 unspecified atom stereocenters. The zero-order valence-electron chi connectivity index (χ0n) is 29.0. The van der Waals surface area contributed by atoms with E-state index >= 15 is 0 Å². The van der Waals surface area contributed by atoms with Crippen molar-refractivity contribution in [3.63, 3.8) is 0 Å². The number of aromatic nitrogens is 1. The highest BCUT2D eigenvalue weighted by atomic mass is 16.5. The molecule has 7 heteroatoms. The van der Waals surface area contributed by atoms with Crippen LogP contribution in [0.3, 0.4) is 0 Å². The van der Waals surface area contributed by atoms with Gasteiger partial charge >= 0.3 is 5.97 Å². The number of hydrogen-bond acceptors (Lipinski definition) is 6. The second kappa shape index (κ2) is 10.7. The highest BCUT2D eigenvalue weighted by Crippen LogP contribution is 2.63. The van der Waals surface area contributed by atoms with Gasteiger partial charge in [0.1, 0.15) is 6.04 Å². The Balaban J connectivity index is 1.03. The number of piperidine rings is 4. The molecule has 0 N–H and O–H groups in total. The van der Waals surface area contributed by atoms with E-state index in [1.54, 1.807) is 18.4 Å². The molecule has 0 aliphatic carbocycles. The molecule has 5 saturated heterocycles. The van der Waals surface area contributed by atoms with Crippen LogP contribution in [0.1, 0.15) is 67.8 Å². The van der Waals surface area contributed by atoms with Gasteiger partial charge in [-0.05, 0) is 94.1 Å². The number of fused-ring (bicyclic) bond motifs is 12. The Morgan fingerprint density at radius 1 is 1.06 bits per heavy atom. The summed E-state index contributed by atoms with van der Waals surface area (Å²) in [4.78, 5) is 22.1. The summed E-state index contributed by atoms with van der Waals surface area (Å²) >= 11 is 0. The van der Waals surface area contributed by atoms with Gasteiger partial charge in [-0.25, -0.2) is 4.79 Å². The molecule has 8 heterocycles. The first-order valence-electron chi connectivity index (χ1n) is 18.7. The Labute approximate surface area is 284 Å². The highest BCUT2D eigenvalue weighted by Gasteiger charge is 2.67. The van der Waals surface area contributed by atoms with E-state index in [-0.39, 0.29) is 23.5 Å². The second-order valence-electron chi connectivity index (χ2n) is 16.2. The van der Waals surface area contributed by atoms with Gasteiger partial charge in [-0.15, -0.1) is 0 Å². The van der Waals surface area contributed by atoms with Crippen molar-refractivity contribution in [3.8, 4) is 0 Å². The lowest BCUT2D eigenvalue weighted by molar-refractivity contribution is -0.147. The van der Waals surface area contributed by atoms with E-state index in [0.717, 1.165) is 58.4 Å². The van der Waals surface area contributed by atoms with E-state index in [9.17, 15) is 4.79 Å². The third-order valence-electron chi connectivity index (χ3n) is 14.9. The van der Waals surface area contributed by atoms with Crippen LogP contribution in [0.4, 0.5) is 5.69 Å². The molecule has 48 heavy (non-hydrogen) atoms. The smallest absolute Gasteiger partial charge is 0.329 e. The zero-order valence-corrected chi connectivity index (χ0v) is 29.0. The molecule has 7 aliphatic rings. The highest BCUT2D eigenvalue weighted by molar-refractivity contribution is 5.86. The van der Waals surface area contributed by atoms with Crippen LogP contribution in [-0.2, 0) is 27.7 Å². The summed E-state index contributed by atoms with van der Waals surface area (Å²) in [7, 11) is 6.25. The van der Waals surface area contributed by atoms with Gasteiger partial charge in [0.2, 0.25) is 0 Å². The fourth-order valence-electron chi connectivity index (χ4n) is 12.9. The van der Waals surface area contributed by atoms with Gasteiger partial charge < -0.3 is 18.9 Å². The average molecular weight is 647 g/mol. The number of nitrogens with zero attached hydrogens (tertiary/aromatic N) is 4. The van der Waals surface area contributed by atoms with Crippen LogP contribution >= 0.6 is 0 Å². The molecule has 252 valence electrons. The van der Waals surface area contributed by atoms with E-state index in [4.69, 9.17) is 9.47 Å². The summed E-state index contributed by atoms with van der Waals surface area (Å²) in [6, 6.07) is 19.2. The Bertz CT molecular complexity index is 1830. The van der Waals surface area contributed by atoms with Gasteiger partial charge in [-0.2, -0.15) is 0 Å². The number of rotatable bonds is 4. The molecule has 2 aromatic carbocycles. The molecule has 7 nitrogen and oxygen atoms in total. The maximum atomic E-state index is 13.9. The van der Waals surface area contributed by atoms with Crippen LogP contribution in [0.5, 0.6) is 0 Å². The van der Waals surface area contributed by atoms with Gasteiger partial charge in [0.25, 0.3) is 0 Å². The van der Waals surface area contributed by atoms with Gasteiger partial charge in [0.05, 0.1) is 25.3 Å². The number of allylic oxidation sites excluding steroid dienone is 1. The lowest BCUT2D eigenvalue weighted by Crippen LogP contribution is -2.76. The summed E-state index contributed by atoms with van der Waals surface area (Å²) < 4.78 is 14.7. The van der Waals surface area contributed by atoms with Crippen molar-refractivity contribution in [2.75, 3.05) is 45.4 Å². The van der Waals surface area contributed by atoms with Crippen LogP contribution in [-0.4, -0.2) is 84.5 Å². The quantitative estimate of drug-likeness (QED) is 0.253. The van der Waals surface area contributed by atoms with Crippen molar-refractivity contribution in [3.05, 3.63) is 77.0 Å². The largest absolute Gasteiger partial charge is 0.467 e. The molecule has 10 atom stereocenters. The van der Waals surface area contributed by atoms with Gasteiger partial charge in [-0.3, -0.25) is 9.80 Å². The van der Waals surface area contributed by atoms with E-state index in [2.05, 4.69) is 94.9 Å². The van der Waals surface area contributed by atoms with Crippen molar-refractivity contribution >= 4 is 22.6 Å². The minimum absolute atomic E-state index is 0.0679. The third kappa shape index (κ3) is 3.73. The number of carbonyl (C=O) groups excluding carboxylic acids is 1. The average Bonchev–Trinajstić information content (AvgIpc) is 3.56. The molecule has 0 saturated carbocycles. The van der Waals surface area contributed by atoms with Crippen LogP contribution in [0, 0.1) is 23.7 Å². The maximum Gasteiger partial charge on any atom is 0.329 e. The number of esters is 1. The van der Waals surface area contributed by atoms with Crippen molar-refractivity contribution in [1.82, 2.24) is 14.4 Å². The topological polar surface area (TPSA) is 50.2 Å². The molecular formula is C41H50N4O3. The molecule has 5 fully saturated rings. The number of para-hydroxylation sites is 2. The predicted octanol–water partition coefficient (Wildman–Crippen LogP) is 6.08. The fraction of sp³-hybridized carbons (Fsp3) is 0.585. The van der Waals surface area contributed by atoms with Gasteiger partial charge in [0, 0.05) is 72.3 Å². The number of aryl methyl sites for hydroxylation is 1. The Morgan fingerprint density at radius 3 is 2.75 bits per heavy atom. The van der Waals surface area contributed by atoms with E-state index in [0.29, 0.717) is 41.8 Å². The van der Waals surface area contributed by atoms with Crippen molar-refractivity contribution in [1.29, 1.82) is 0 Å². The van der Waals surface area contributed by atoms with E-state index in [1.165, 1.54) is 34.1 Å². The van der Waals surface area contributed by atoms with E-state index < -0.39 is 0 Å². The molecule has 0 amide bonds. The standard InChI is InChI=1S/C41H50N4O3/c1-5-24-21-44-17-15-32-27-11-7-9-13-34(27)45-39(40(46)47-4)29(24)20-37(44)41(32,45)16-14-25-22-48-23-31-28(25)18-36-38-30(19-35(31)42(36)2)26-10-6-8-12-33(26)43(38)3/h5-13,25,28-29,31-32,35-37,39H,14-23H2,1-4H3/b24-5-/t25?,28-,29-,31+,32+,35-,36-,37-,39-,41-/m0/s1. The molecule has 10 rings (SSSR count). The Morgan fingerprint density at radius 2 is 1.90 bits per heavy atom. The molecule has 7 aliphatic heterocycles. The third-order valence-corrected chi connectivity index (χ3v) is 14.9. The molecule has 4 bridgehead atoms. The summed E-state index contributed by atoms with van der Waals surface area (Å²) in [5.74, 6) is 2.30. The first-order valence-corrected chi connectivity index (χ1v) is 18.7. The number of likely N-dealkylation sites (N-methyl/N-ethyl adjacent to an activating group) is 1. The summed E-state index contributed by atoms with van der Waals surface area (Å²) in [5, 5.41) is 1.44. The zero-order chi connectivity index (χ0) is 32.5. The summed E-state index contributed by atoms with van der Waals surface area (Å²) in [6.45, 7) is 6.02. The SMILES string of the molecule is C/C=C1/CN2CC[C@@H]3c4ccccc4N4[C@H](C(=O)OC)[C@H]1C[C@H]2[C@]34CCC1COC[C@@H]2[C@H]1C[C@H]1c3c(c4ccccc4n3C)C[C@@H]2N1C. The lowest BCUT2D eigenvalue weighted by atomic mass is 9.59.